The second-order valence-corrected chi connectivity index (χ2v) is 3.50. The summed E-state index contributed by atoms with van der Waals surface area (Å²) in [5.74, 6) is 0.837. The molecule has 2 rings (SSSR count). The zero-order valence-corrected chi connectivity index (χ0v) is 7.01. The molecule has 2 aliphatic rings. The first-order valence-electron chi connectivity index (χ1n) is 4.41. The van der Waals surface area contributed by atoms with Gasteiger partial charge < -0.3 is 0 Å². The van der Waals surface area contributed by atoms with Gasteiger partial charge in [-0.3, -0.25) is 0 Å². The van der Waals surface area contributed by atoms with Crippen LogP contribution in [0.1, 0.15) is 26.2 Å². The van der Waals surface area contributed by atoms with Crippen molar-refractivity contribution < 1.29 is 0 Å². The Kier molecular flexibility index (Phi) is 1.69. The van der Waals surface area contributed by atoms with Crippen LogP contribution in [0.2, 0.25) is 0 Å². The predicted octanol–water partition coefficient (Wildman–Crippen LogP) is 3.23. The standard InChI is InChI=1S/C11H14/c1-9-6-7-10-4-2-3-5-11(10)8-9/h3,5-6,8,10H,2,4,7H2,1H3. The van der Waals surface area contributed by atoms with Crippen LogP contribution in [0.25, 0.3) is 0 Å². The van der Waals surface area contributed by atoms with Gasteiger partial charge in [-0.2, -0.15) is 0 Å². The third-order valence-electron chi connectivity index (χ3n) is 2.58. The molecule has 0 aliphatic heterocycles. The van der Waals surface area contributed by atoms with Crippen LogP contribution in [0.15, 0.2) is 35.5 Å². The van der Waals surface area contributed by atoms with Crippen LogP contribution < -0.4 is 0 Å². The van der Waals surface area contributed by atoms with E-state index in [-0.39, 0.29) is 0 Å². The van der Waals surface area contributed by atoms with E-state index in [0.29, 0.717) is 0 Å². The highest BCUT2D eigenvalue weighted by Crippen LogP contribution is 2.31. The van der Waals surface area contributed by atoms with E-state index >= 15 is 0 Å². The van der Waals surface area contributed by atoms with Gasteiger partial charge in [0.2, 0.25) is 0 Å². The molecule has 0 nitrogen and oxygen atoms in total. The first-order valence-corrected chi connectivity index (χ1v) is 4.41. The molecular formula is C11H14. The van der Waals surface area contributed by atoms with Crippen LogP contribution >= 0.6 is 0 Å². The summed E-state index contributed by atoms with van der Waals surface area (Å²) in [6.45, 7) is 2.19. The zero-order valence-electron chi connectivity index (χ0n) is 7.01. The first kappa shape index (κ1) is 6.90. The second-order valence-electron chi connectivity index (χ2n) is 3.50. The lowest BCUT2D eigenvalue weighted by Crippen LogP contribution is -2.08. The van der Waals surface area contributed by atoms with E-state index in [4.69, 9.17) is 0 Å². The average Bonchev–Trinajstić information content (AvgIpc) is 2.04. The van der Waals surface area contributed by atoms with Gasteiger partial charge in [0.1, 0.15) is 0 Å². The summed E-state index contributed by atoms with van der Waals surface area (Å²) >= 11 is 0. The van der Waals surface area contributed by atoms with Crippen molar-refractivity contribution in [2.75, 3.05) is 0 Å². The Bertz CT molecular complexity index is 241. The third-order valence-corrected chi connectivity index (χ3v) is 2.58. The van der Waals surface area contributed by atoms with E-state index in [9.17, 15) is 0 Å². The van der Waals surface area contributed by atoms with Gasteiger partial charge in [-0.15, -0.1) is 0 Å². The van der Waals surface area contributed by atoms with Crippen LogP contribution in [0.3, 0.4) is 0 Å². The van der Waals surface area contributed by atoms with Crippen molar-refractivity contribution in [1.82, 2.24) is 0 Å². The maximum atomic E-state index is 2.35. The van der Waals surface area contributed by atoms with E-state index < -0.39 is 0 Å². The smallest absolute Gasteiger partial charge is 0.0124 e. The molecule has 0 radical (unpaired) electrons. The van der Waals surface area contributed by atoms with E-state index in [2.05, 4.69) is 31.2 Å². The molecule has 0 spiro atoms. The summed E-state index contributed by atoms with van der Waals surface area (Å²) in [4.78, 5) is 0. The summed E-state index contributed by atoms with van der Waals surface area (Å²) in [7, 11) is 0. The molecule has 0 aromatic rings. The Balaban J connectivity index is 2.28. The van der Waals surface area contributed by atoms with E-state index in [1.807, 2.05) is 0 Å². The normalized spacial score (nSPS) is 29.0. The lowest BCUT2D eigenvalue weighted by atomic mass is 9.82. The maximum Gasteiger partial charge on any atom is -0.0124 e. The number of allylic oxidation sites excluding steroid dienone is 6. The van der Waals surface area contributed by atoms with Gasteiger partial charge in [0.25, 0.3) is 0 Å². The topological polar surface area (TPSA) is 0 Å². The lowest BCUT2D eigenvalue weighted by Gasteiger charge is -2.23. The molecule has 1 atom stereocenters. The van der Waals surface area contributed by atoms with Crippen LogP contribution in [0, 0.1) is 5.92 Å². The molecule has 0 aromatic heterocycles. The average molecular weight is 146 g/mol. The molecule has 58 valence electrons. The van der Waals surface area contributed by atoms with Crippen molar-refractivity contribution in [2.45, 2.75) is 26.2 Å². The van der Waals surface area contributed by atoms with Crippen molar-refractivity contribution in [3.63, 3.8) is 0 Å². The molecule has 0 N–H and O–H groups in total. The quantitative estimate of drug-likeness (QED) is 0.492. The molecule has 0 saturated heterocycles. The minimum absolute atomic E-state index is 0.837. The lowest BCUT2D eigenvalue weighted by molar-refractivity contribution is 0.563. The Morgan fingerprint density at radius 3 is 3.27 bits per heavy atom. The molecule has 11 heavy (non-hydrogen) atoms. The third kappa shape index (κ3) is 1.30. The van der Waals surface area contributed by atoms with Gasteiger partial charge in [0.15, 0.2) is 0 Å². The Labute approximate surface area is 68.3 Å². The van der Waals surface area contributed by atoms with Crippen LogP contribution in [-0.2, 0) is 0 Å². The van der Waals surface area contributed by atoms with Gasteiger partial charge in [-0.05, 0) is 37.7 Å². The molecule has 0 heterocycles. The molecular weight excluding hydrogens is 132 g/mol. The van der Waals surface area contributed by atoms with E-state index in [1.165, 1.54) is 24.8 Å². The number of hydrogen-bond acceptors (Lipinski definition) is 0. The molecule has 0 saturated carbocycles. The SMILES string of the molecule is CC1=CCC2CCC=CC2=C1. The second kappa shape index (κ2) is 2.69. The number of hydrogen-bond donors (Lipinski definition) is 0. The van der Waals surface area contributed by atoms with Gasteiger partial charge >= 0.3 is 0 Å². The van der Waals surface area contributed by atoms with E-state index in [1.54, 1.807) is 5.57 Å². The fourth-order valence-corrected chi connectivity index (χ4v) is 1.89. The minimum atomic E-state index is 0.837. The van der Waals surface area contributed by atoms with Crippen LogP contribution in [0.5, 0.6) is 0 Å². The zero-order chi connectivity index (χ0) is 7.68. The predicted molar refractivity (Wildman–Crippen MR) is 48.3 cm³/mol. The van der Waals surface area contributed by atoms with Crippen LogP contribution in [0.4, 0.5) is 0 Å². The summed E-state index contributed by atoms with van der Waals surface area (Å²) in [6.07, 6.45) is 13.2. The van der Waals surface area contributed by atoms with E-state index in [0.717, 1.165) is 5.92 Å². The van der Waals surface area contributed by atoms with Crippen molar-refractivity contribution >= 4 is 0 Å². The summed E-state index contributed by atoms with van der Waals surface area (Å²) in [6, 6.07) is 0. The van der Waals surface area contributed by atoms with Crippen molar-refractivity contribution in [3.8, 4) is 0 Å². The maximum absolute atomic E-state index is 2.35. The van der Waals surface area contributed by atoms with Crippen molar-refractivity contribution in [2.24, 2.45) is 5.92 Å². The van der Waals surface area contributed by atoms with Gasteiger partial charge in [-0.25, -0.2) is 0 Å². The molecule has 0 aromatic carbocycles. The summed E-state index contributed by atoms with van der Waals surface area (Å²) in [5.41, 5.74) is 2.99. The summed E-state index contributed by atoms with van der Waals surface area (Å²) in [5, 5.41) is 0. The Hall–Kier alpha value is -0.780. The van der Waals surface area contributed by atoms with Gasteiger partial charge in [0, 0.05) is 0 Å². The molecule has 0 amide bonds. The highest BCUT2D eigenvalue weighted by Gasteiger charge is 2.16. The Morgan fingerprint density at radius 2 is 2.36 bits per heavy atom. The fourth-order valence-electron chi connectivity index (χ4n) is 1.89. The fraction of sp³-hybridized carbons (Fsp3) is 0.455. The molecule has 0 heteroatoms. The number of fused-ring (bicyclic) bond motifs is 1. The monoisotopic (exact) mass is 146 g/mol. The molecule has 0 fully saturated rings. The largest absolute Gasteiger partial charge is 0.0842 e. The number of rotatable bonds is 0. The Morgan fingerprint density at radius 1 is 1.45 bits per heavy atom. The van der Waals surface area contributed by atoms with Crippen LogP contribution in [-0.4, -0.2) is 0 Å². The van der Waals surface area contributed by atoms with Crippen molar-refractivity contribution in [1.29, 1.82) is 0 Å². The van der Waals surface area contributed by atoms with Crippen molar-refractivity contribution in [3.05, 3.63) is 35.5 Å². The first-order chi connectivity index (χ1) is 5.36. The molecule has 1 unspecified atom stereocenters. The summed E-state index contributed by atoms with van der Waals surface area (Å²) < 4.78 is 0. The highest BCUT2D eigenvalue weighted by molar-refractivity contribution is 5.36. The molecule has 2 aliphatic carbocycles. The van der Waals surface area contributed by atoms with Gasteiger partial charge in [0.05, 0.1) is 0 Å². The van der Waals surface area contributed by atoms with Gasteiger partial charge in [-0.1, -0.05) is 29.9 Å². The minimum Gasteiger partial charge on any atom is -0.0842 e. The highest BCUT2D eigenvalue weighted by atomic mass is 14.2. The molecule has 0 bridgehead atoms.